The molecular weight excluding hydrogens is 292 g/mol. The van der Waals surface area contributed by atoms with E-state index >= 15 is 0 Å². The second kappa shape index (κ2) is 5.19. The minimum absolute atomic E-state index is 0.0961. The normalized spacial score (nSPS) is 31.3. The zero-order valence-corrected chi connectivity index (χ0v) is 12.3. The molecule has 2 aliphatic carbocycles. The lowest BCUT2D eigenvalue weighted by Gasteiger charge is -2.28. The van der Waals surface area contributed by atoms with E-state index in [0.29, 0.717) is 41.3 Å². The van der Waals surface area contributed by atoms with Crippen LogP contribution in [0, 0.1) is 11.8 Å². The molecule has 0 saturated heterocycles. The number of rotatable bonds is 4. The van der Waals surface area contributed by atoms with Crippen molar-refractivity contribution in [3.63, 3.8) is 0 Å². The molecule has 1 N–H and O–H groups in total. The number of imidazole rings is 1. The molecule has 2 aliphatic rings. The van der Waals surface area contributed by atoms with Gasteiger partial charge < -0.3 is 14.4 Å². The molecular formula is C14H17ClN4O2. The summed E-state index contributed by atoms with van der Waals surface area (Å²) in [6, 6.07) is 0.417. The standard InChI is InChI=1S/C14H17ClN4O2/c15-13-12-14(17-6-16-13)19(7-18-12)10-4-9-3-8(10)5-11(9)21-2-1-20/h6-11,20H,1-5H2/t8-,9-,10+,11-/m1/s1. The first kappa shape index (κ1) is 13.4. The van der Waals surface area contributed by atoms with E-state index in [1.807, 2.05) is 6.33 Å². The van der Waals surface area contributed by atoms with Crippen LogP contribution in [0.15, 0.2) is 12.7 Å². The van der Waals surface area contributed by atoms with Crippen molar-refractivity contribution in [3.05, 3.63) is 17.8 Å². The Morgan fingerprint density at radius 1 is 1.24 bits per heavy atom. The van der Waals surface area contributed by atoms with Crippen LogP contribution in [0.2, 0.25) is 5.15 Å². The summed E-state index contributed by atoms with van der Waals surface area (Å²) >= 11 is 6.07. The lowest BCUT2D eigenvalue weighted by molar-refractivity contribution is -0.00745. The highest BCUT2D eigenvalue weighted by Gasteiger charge is 2.47. The van der Waals surface area contributed by atoms with Crippen LogP contribution in [0.5, 0.6) is 0 Å². The van der Waals surface area contributed by atoms with Crippen molar-refractivity contribution in [2.45, 2.75) is 31.4 Å². The van der Waals surface area contributed by atoms with Gasteiger partial charge in [-0.2, -0.15) is 0 Å². The average Bonchev–Trinajstić information content (AvgIpc) is 3.18. The van der Waals surface area contributed by atoms with Crippen LogP contribution in [-0.2, 0) is 4.74 Å². The maximum Gasteiger partial charge on any atom is 0.165 e. The van der Waals surface area contributed by atoms with Gasteiger partial charge in [-0.15, -0.1) is 0 Å². The van der Waals surface area contributed by atoms with E-state index in [0.717, 1.165) is 18.5 Å². The minimum atomic E-state index is 0.0961. The van der Waals surface area contributed by atoms with E-state index in [1.165, 1.54) is 12.7 Å². The topological polar surface area (TPSA) is 73.1 Å². The summed E-state index contributed by atoms with van der Waals surface area (Å²) in [4.78, 5) is 12.7. The Bertz CT molecular complexity index is 661. The fraction of sp³-hybridized carbons (Fsp3) is 0.643. The Balaban J connectivity index is 1.58. The highest BCUT2D eigenvalue weighted by molar-refractivity contribution is 6.33. The summed E-state index contributed by atoms with van der Waals surface area (Å²) in [5, 5.41) is 9.29. The van der Waals surface area contributed by atoms with Crippen LogP contribution >= 0.6 is 11.6 Å². The molecule has 0 unspecified atom stereocenters. The van der Waals surface area contributed by atoms with Crippen molar-refractivity contribution in [2.75, 3.05) is 13.2 Å². The van der Waals surface area contributed by atoms with E-state index in [1.54, 1.807) is 0 Å². The fourth-order valence-electron chi connectivity index (χ4n) is 4.01. The van der Waals surface area contributed by atoms with E-state index in [-0.39, 0.29) is 6.61 Å². The first-order chi connectivity index (χ1) is 10.3. The lowest BCUT2D eigenvalue weighted by atomic mass is 9.93. The average molecular weight is 309 g/mol. The molecule has 4 rings (SSSR count). The van der Waals surface area contributed by atoms with Crippen molar-refractivity contribution in [1.82, 2.24) is 19.5 Å². The first-order valence-corrected chi connectivity index (χ1v) is 7.71. The zero-order valence-electron chi connectivity index (χ0n) is 11.5. The van der Waals surface area contributed by atoms with Crippen LogP contribution in [0.3, 0.4) is 0 Å². The lowest BCUT2D eigenvalue weighted by Crippen LogP contribution is -2.27. The van der Waals surface area contributed by atoms with Crippen LogP contribution in [-0.4, -0.2) is 43.9 Å². The van der Waals surface area contributed by atoms with Crippen molar-refractivity contribution >= 4 is 22.8 Å². The van der Waals surface area contributed by atoms with Crippen molar-refractivity contribution in [3.8, 4) is 0 Å². The molecule has 0 spiro atoms. The number of aliphatic hydroxyl groups is 1. The number of aliphatic hydroxyl groups excluding tert-OH is 1. The van der Waals surface area contributed by atoms with E-state index in [4.69, 9.17) is 21.4 Å². The Kier molecular flexibility index (Phi) is 3.32. The molecule has 0 radical (unpaired) electrons. The number of nitrogens with zero attached hydrogens (tertiary/aromatic N) is 4. The molecule has 0 amide bonds. The predicted molar refractivity (Wildman–Crippen MR) is 77.0 cm³/mol. The summed E-state index contributed by atoms with van der Waals surface area (Å²) in [5.74, 6) is 1.16. The SMILES string of the molecule is OCCO[C@@H]1C[C@H]2C[C@@H]1C[C@@H]2n1cnc2c(Cl)ncnc21. The second-order valence-electron chi connectivity index (χ2n) is 5.92. The van der Waals surface area contributed by atoms with E-state index in [9.17, 15) is 0 Å². The molecule has 6 nitrogen and oxygen atoms in total. The third kappa shape index (κ3) is 2.13. The number of aromatic nitrogens is 4. The van der Waals surface area contributed by atoms with Crippen molar-refractivity contribution in [2.24, 2.45) is 11.8 Å². The van der Waals surface area contributed by atoms with E-state index in [2.05, 4.69) is 19.5 Å². The molecule has 2 heterocycles. The molecule has 4 atom stereocenters. The molecule has 2 bridgehead atoms. The number of hydrogen-bond acceptors (Lipinski definition) is 5. The Hall–Kier alpha value is -1.24. The Morgan fingerprint density at radius 2 is 2.14 bits per heavy atom. The van der Waals surface area contributed by atoms with Gasteiger partial charge in [-0.05, 0) is 31.1 Å². The Morgan fingerprint density at radius 3 is 2.90 bits per heavy atom. The van der Waals surface area contributed by atoms with Crippen molar-refractivity contribution < 1.29 is 9.84 Å². The number of halogens is 1. The van der Waals surface area contributed by atoms with Gasteiger partial charge in [0.25, 0.3) is 0 Å². The van der Waals surface area contributed by atoms with Gasteiger partial charge in [0.05, 0.1) is 25.6 Å². The molecule has 21 heavy (non-hydrogen) atoms. The molecule has 7 heteroatoms. The highest BCUT2D eigenvalue weighted by Crippen LogP contribution is 2.52. The van der Waals surface area contributed by atoms with Gasteiger partial charge in [0, 0.05) is 6.04 Å². The van der Waals surface area contributed by atoms with Gasteiger partial charge in [-0.1, -0.05) is 11.6 Å². The van der Waals surface area contributed by atoms with Gasteiger partial charge in [0.15, 0.2) is 10.8 Å². The van der Waals surface area contributed by atoms with Crippen LogP contribution < -0.4 is 0 Å². The smallest absolute Gasteiger partial charge is 0.165 e. The Labute approximate surface area is 127 Å². The third-order valence-electron chi connectivity index (χ3n) is 4.85. The molecule has 112 valence electrons. The summed E-state index contributed by atoms with van der Waals surface area (Å²) in [6.07, 6.45) is 6.93. The maximum atomic E-state index is 8.88. The minimum Gasteiger partial charge on any atom is -0.394 e. The van der Waals surface area contributed by atoms with Gasteiger partial charge in [-0.3, -0.25) is 0 Å². The molecule has 0 aromatic carbocycles. The molecule has 0 aliphatic heterocycles. The van der Waals surface area contributed by atoms with Gasteiger partial charge in [0.2, 0.25) is 0 Å². The van der Waals surface area contributed by atoms with Gasteiger partial charge in [0.1, 0.15) is 11.8 Å². The van der Waals surface area contributed by atoms with Gasteiger partial charge >= 0.3 is 0 Å². The number of ether oxygens (including phenoxy) is 1. The quantitative estimate of drug-likeness (QED) is 0.872. The fourth-order valence-corrected chi connectivity index (χ4v) is 4.18. The molecule has 2 aromatic rings. The third-order valence-corrected chi connectivity index (χ3v) is 5.13. The number of hydrogen-bond donors (Lipinski definition) is 1. The zero-order chi connectivity index (χ0) is 14.4. The van der Waals surface area contributed by atoms with Crippen LogP contribution in [0.1, 0.15) is 25.3 Å². The predicted octanol–water partition coefficient (Wildman–Crippen LogP) is 1.83. The van der Waals surface area contributed by atoms with E-state index < -0.39 is 0 Å². The van der Waals surface area contributed by atoms with Gasteiger partial charge in [-0.25, -0.2) is 15.0 Å². The molecule has 2 fully saturated rings. The molecule has 2 saturated carbocycles. The van der Waals surface area contributed by atoms with Crippen molar-refractivity contribution in [1.29, 1.82) is 0 Å². The first-order valence-electron chi connectivity index (χ1n) is 7.33. The largest absolute Gasteiger partial charge is 0.394 e. The second-order valence-corrected chi connectivity index (χ2v) is 6.27. The summed E-state index contributed by atoms with van der Waals surface area (Å²) in [5.41, 5.74) is 1.50. The highest BCUT2D eigenvalue weighted by atomic mass is 35.5. The van der Waals surface area contributed by atoms with Crippen LogP contribution in [0.4, 0.5) is 0 Å². The monoisotopic (exact) mass is 308 g/mol. The summed E-state index contributed by atoms with van der Waals surface area (Å²) in [7, 11) is 0. The van der Waals surface area contributed by atoms with Crippen LogP contribution in [0.25, 0.3) is 11.2 Å². The number of fused-ring (bicyclic) bond motifs is 3. The molecule has 2 aromatic heterocycles. The summed E-state index contributed by atoms with van der Waals surface area (Å²) < 4.78 is 7.89. The maximum absolute atomic E-state index is 8.88. The summed E-state index contributed by atoms with van der Waals surface area (Å²) in [6.45, 7) is 0.536.